The number of imide groups is 3. The van der Waals surface area contributed by atoms with Crippen LogP contribution in [0.15, 0.2) is 0 Å². The summed E-state index contributed by atoms with van der Waals surface area (Å²) in [6.45, 7) is 0. The van der Waals surface area contributed by atoms with Gasteiger partial charge in [0.15, 0.2) is 0 Å². The first-order valence-corrected chi connectivity index (χ1v) is 5.12. The molecule has 2 aliphatic rings. The summed E-state index contributed by atoms with van der Waals surface area (Å²) in [6, 6.07) is 0. The molecule has 0 aromatic carbocycles. The molecule has 0 aromatic heterocycles. The second-order valence-electron chi connectivity index (χ2n) is 3.98. The lowest BCUT2D eigenvalue weighted by Gasteiger charge is -2.19. The number of likely N-dealkylation sites (tertiary alicyclic amines) is 1. The third-order valence-corrected chi connectivity index (χ3v) is 3.20. The number of amides is 3. The van der Waals surface area contributed by atoms with Crippen molar-refractivity contribution in [3.8, 4) is 0 Å². The molecule has 2 atom stereocenters. The number of carbonyl (C=O) groups excluding carboxylic acids is 3. The lowest BCUT2D eigenvalue weighted by molar-refractivity contribution is -0.137. The molecule has 0 N–H and O–H groups in total. The average molecular weight is 211 g/mol. The Balaban J connectivity index is 2.25. The predicted molar refractivity (Wildman–Crippen MR) is 49.7 cm³/mol. The van der Waals surface area contributed by atoms with Gasteiger partial charge in [0.2, 0.25) is 11.8 Å². The van der Waals surface area contributed by atoms with Crippen molar-refractivity contribution in [3.05, 3.63) is 0 Å². The molecule has 5 nitrogen and oxygen atoms in total. The molecule has 2 fully saturated rings. The fourth-order valence-electron chi connectivity index (χ4n) is 2.43. The van der Waals surface area contributed by atoms with Crippen molar-refractivity contribution >= 4 is 17.9 Å². The number of hydrogen-bond donors (Lipinski definition) is 0. The second-order valence-corrected chi connectivity index (χ2v) is 3.98. The molecule has 5 heteroatoms. The summed E-state index contributed by atoms with van der Waals surface area (Å²) in [5.41, 5.74) is 0. The standard InChI is InChI=1S/C10H13NO4/c1-15-10(14)11-8(12)6-4-2-3-5-7(6)9(11)13/h6-7H,2-5H2,1H3. The summed E-state index contributed by atoms with van der Waals surface area (Å²) in [5.74, 6) is -1.33. The molecule has 0 aromatic rings. The minimum Gasteiger partial charge on any atom is -0.452 e. The first-order valence-electron chi connectivity index (χ1n) is 5.12. The van der Waals surface area contributed by atoms with Crippen LogP contribution in [0, 0.1) is 11.8 Å². The van der Waals surface area contributed by atoms with Crippen LogP contribution >= 0.6 is 0 Å². The average Bonchev–Trinajstić information content (AvgIpc) is 2.52. The second kappa shape index (κ2) is 3.64. The van der Waals surface area contributed by atoms with Crippen LogP contribution in [-0.2, 0) is 14.3 Å². The maximum atomic E-state index is 11.8. The van der Waals surface area contributed by atoms with Gasteiger partial charge in [0, 0.05) is 0 Å². The van der Waals surface area contributed by atoms with E-state index in [1.807, 2.05) is 0 Å². The third-order valence-electron chi connectivity index (χ3n) is 3.20. The van der Waals surface area contributed by atoms with Gasteiger partial charge in [-0.25, -0.2) is 4.79 Å². The van der Waals surface area contributed by atoms with Crippen LogP contribution in [0.2, 0.25) is 0 Å². The summed E-state index contributed by atoms with van der Waals surface area (Å²) in [7, 11) is 1.17. The monoisotopic (exact) mass is 211 g/mol. The van der Waals surface area contributed by atoms with Crippen molar-refractivity contribution < 1.29 is 19.1 Å². The number of fused-ring (bicyclic) bond motifs is 1. The van der Waals surface area contributed by atoms with Crippen molar-refractivity contribution in [3.63, 3.8) is 0 Å². The quantitative estimate of drug-likeness (QED) is 0.559. The molecule has 1 heterocycles. The lowest BCUT2D eigenvalue weighted by Crippen LogP contribution is -2.37. The number of carbonyl (C=O) groups is 3. The zero-order valence-electron chi connectivity index (χ0n) is 8.56. The molecule has 15 heavy (non-hydrogen) atoms. The zero-order valence-corrected chi connectivity index (χ0v) is 8.56. The van der Waals surface area contributed by atoms with Gasteiger partial charge >= 0.3 is 6.09 Å². The SMILES string of the molecule is COC(=O)N1C(=O)C2CCCCC2C1=O. The molecule has 1 aliphatic heterocycles. The van der Waals surface area contributed by atoms with Gasteiger partial charge in [-0.2, -0.15) is 4.90 Å². The lowest BCUT2D eigenvalue weighted by atomic mass is 9.81. The van der Waals surface area contributed by atoms with E-state index < -0.39 is 6.09 Å². The molecule has 3 amide bonds. The number of hydrogen-bond acceptors (Lipinski definition) is 4. The summed E-state index contributed by atoms with van der Waals surface area (Å²) in [5, 5.41) is 0. The van der Waals surface area contributed by atoms with Crippen molar-refractivity contribution in [2.45, 2.75) is 25.7 Å². The van der Waals surface area contributed by atoms with E-state index in [0.717, 1.165) is 12.8 Å². The molecule has 82 valence electrons. The smallest absolute Gasteiger partial charge is 0.423 e. The van der Waals surface area contributed by atoms with Crippen LogP contribution in [0.5, 0.6) is 0 Å². The molecule has 1 saturated heterocycles. The van der Waals surface area contributed by atoms with Crippen LogP contribution in [0.4, 0.5) is 4.79 Å². The van der Waals surface area contributed by atoms with Crippen LogP contribution in [0.1, 0.15) is 25.7 Å². The van der Waals surface area contributed by atoms with Crippen LogP contribution in [0.25, 0.3) is 0 Å². The number of methoxy groups -OCH3 is 1. The number of nitrogens with zero attached hydrogens (tertiary/aromatic N) is 1. The normalized spacial score (nSPS) is 30.3. The molecule has 0 radical (unpaired) electrons. The first kappa shape index (κ1) is 10.1. The first-order chi connectivity index (χ1) is 7.16. The van der Waals surface area contributed by atoms with Crippen LogP contribution in [0.3, 0.4) is 0 Å². The Bertz CT molecular complexity index is 301. The molecular formula is C10H13NO4. The van der Waals surface area contributed by atoms with Gasteiger partial charge in [-0.05, 0) is 12.8 Å². The van der Waals surface area contributed by atoms with E-state index >= 15 is 0 Å². The van der Waals surface area contributed by atoms with E-state index in [-0.39, 0.29) is 23.7 Å². The minimum atomic E-state index is -0.848. The fourth-order valence-corrected chi connectivity index (χ4v) is 2.43. The van der Waals surface area contributed by atoms with Gasteiger partial charge < -0.3 is 4.74 Å². The molecule has 1 aliphatic carbocycles. The molecular weight excluding hydrogens is 198 g/mol. The van der Waals surface area contributed by atoms with E-state index in [1.54, 1.807) is 0 Å². The Hall–Kier alpha value is -1.39. The summed E-state index contributed by atoms with van der Waals surface area (Å²) < 4.78 is 4.43. The van der Waals surface area contributed by atoms with E-state index in [4.69, 9.17) is 0 Å². The molecule has 2 rings (SSSR count). The predicted octanol–water partition coefficient (Wildman–Crippen LogP) is 0.928. The molecule has 2 unspecified atom stereocenters. The summed E-state index contributed by atoms with van der Waals surface area (Å²) in [6.07, 6.45) is 2.48. The topological polar surface area (TPSA) is 63.7 Å². The largest absolute Gasteiger partial charge is 0.452 e. The van der Waals surface area contributed by atoms with Crippen molar-refractivity contribution in [1.82, 2.24) is 4.90 Å². The van der Waals surface area contributed by atoms with E-state index in [0.29, 0.717) is 17.7 Å². The van der Waals surface area contributed by atoms with Crippen molar-refractivity contribution in [2.75, 3.05) is 7.11 Å². The Kier molecular flexibility index (Phi) is 2.46. The molecule has 0 bridgehead atoms. The summed E-state index contributed by atoms with van der Waals surface area (Å²) >= 11 is 0. The Morgan fingerprint density at radius 2 is 1.67 bits per heavy atom. The van der Waals surface area contributed by atoms with E-state index in [1.165, 1.54) is 7.11 Å². The van der Waals surface area contributed by atoms with Gasteiger partial charge in [-0.3, -0.25) is 9.59 Å². The molecule has 1 saturated carbocycles. The van der Waals surface area contributed by atoms with E-state index in [9.17, 15) is 14.4 Å². The van der Waals surface area contributed by atoms with Gasteiger partial charge in [0.05, 0.1) is 18.9 Å². The van der Waals surface area contributed by atoms with Crippen LogP contribution in [-0.4, -0.2) is 29.9 Å². The van der Waals surface area contributed by atoms with Crippen molar-refractivity contribution in [1.29, 1.82) is 0 Å². The minimum absolute atomic E-state index is 0.287. The Labute approximate surface area is 87.4 Å². The van der Waals surface area contributed by atoms with Crippen molar-refractivity contribution in [2.24, 2.45) is 11.8 Å². The van der Waals surface area contributed by atoms with Gasteiger partial charge in [-0.1, -0.05) is 12.8 Å². The zero-order chi connectivity index (χ0) is 11.0. The number of ether oxygens (including phenoxy) is 1. The Morgan fingerprint density at radius 1 is 1.20 bits per heavy atom. The Morgan fingerprint density at radius 3 is 2.07 bits per heavy atom. The number of rotatable bonds is 0. The van der Waals surface area contributed by atoms with E-state index in [2.05, 4.69) is 4.74 Å². The highest BCUT2D eigenvalue weighted by molar-refractivity contribution is 6.15. The highest BCUT2D eigenvalue weighted by atomic mass is 16.5. The summed E-state index contributed by atoms with van der Waals surface area (Å²) in [4.78, 5) is 35.4. The third kappa shape index (κ3) is 1.42. The molecule has 0 spiro atoms. The van der Waals surface area contributed by atoms with Gasteiger partial charge in [0.25, 0.3) is 0 Å². The van der Waals surface area contributed by atoms with Crippen LogP contribution < -0.4 is 0 Å². The highest BCUT2D eigenvalue weighted by Crippen LogP contribution is 2.38. The maximum Gasteiger partial charge on any atom is 0.423 e. The maximum absolute atomic E-state index is 11.8. The van der Waals surface area contributed by atoms with Gasteiger partial charge in [-0.15, -0.1) is 0 Å². The van der Waals surface area contributed by atoms with Gasteiger partial charge in [0.1, 0.15) is 0 Å². The highest BCUT2D eigenvalue weighted by Gasteiger charge is 2.51. The fraction of sp³-hybridized carbons (Fsp3) is 0.700.